The third kappa shape index (κ3) is 4.60. The van der Waals surface area contributed by atoms with Gasteiger partial charge in [0.25, 0.3) is 5.91 Å². The van der Waals surface area contributed by atoms with Crippen molar-refractivity contribution < 1.29 is 27.8 Å². The van der Waals surface area contributed by atoms with Crippen molar-refractivity contribution in [3.8, 4) is 11.6 Å². The molecule has 2 heterocycles. The lowest BCUT2D eigenvalue weighted by molar-refractivity contribution is -0.141. The van der Waals surface area contributed by atoms with E-state index < -0.39 is 11.9 Å². The zero-order valence-electron chi connectivity index (χ0n) is 14.9. The molecule has 0 spiro atoms. The number of carbonyl (C=O) groups excluding carboxylic acids is 1. The van der Waals surface area contributed by atoms with Gasteiger partial charge in [-0.3, -0.25) is 4.79 Å². The van der Waals surface area contributed by atoms with Crippen molar-refractivity contribution in [3.63, 3.8) is 0 Å². The number of benzene rings is 1. The molecule has 0 radical (unpaired) electrons. The number of aliphatic hydroxyl groups is 1. The zero-order chi connectivity index (χ0) is 20.3. The van der Waals surface area contributed by atoms with Crippen molar-refractivity contribution >= 4 is 5.91 Å². The first kappa shape index (κ1) is 20.1. The molecule has 0 unspecified atom stereocenters. The molecule has 6 nitrogen and oxygen atoms in total. The SMILES string of the molecule is NCc1cc(Oc2cccc(C(=O)N3CC[C@@H](CO)C3)c2)nc(C(F)(F)F)c1. The molecule has 0 aliphatic carbocycles. The fourth-order valence-electron chi connectivity index (χ4n) is 3.04. The average molecular weight is 395 g/mol. The van der Waals surface area contributed by atoms with Crippen LogP contribution in [0.2, 0.25) is 0 Å². The van der Waals surface area contributed by atoms with Crippen LogP contribution in [0.3, 0.4) is 0 Å². The summed E-state index contributed by atoms with van der Waals surface area (Å²) in [7, 11) is 0. The number of aromatic nitrogens is 1. The van der Waals surface area contributed by atoms with Gasteiger partial charge in [-0.05, 0) is 36.2 Å². The van der Waals surface area contributed by atoms with Crippen LogP contribution < -0.4 is 10.5 Å². The number of aliphatic hydroxyl groups excluding tert-OH is 1. The Morgan fingerprint density at radius 2 is 2.11 bits per heavy atom. The minimum Gasteiger partial charge on any atom is -0.439 e. The molecule has 1 aliphatic heterocycles. The monoisotopic (exact) mass is 395 g/mol. The number of ether oxygens (including phenoxy) is 1. The molecule has 150 valence electrons. The lowest BCUT2D eigenvalue weighted by Gasteiger charge is -2.17. The van der Waals surface area contributed by atoms with E-state index in [1.807, 2.05) is 0 Å². The van der Waals surface area contributed by atoms with Crippen molar-refractivity contribution in [1.82, 2.24) is 9.88 Å². The normalized spacial score (nSPS) is 17.0. The lowest BCUT2D eigenvalue weighted by atomic mass is 10.1. The maximum atomic E-state index is 13.0. The molecule has 1 aromatic carbocycles. The van der Waals surface area contributed by atoms with Crippen molar-refractivity contribution in [2.24, 2.45) is 11.7 Å². The van der Waals surface area contributed by atoms with Crippen LogP contribution in [-0.4, -0.2) is 40.6 Å². The first-order valence-electron chi connectivity index (χ1n) is 8.76. The molecule has 1 saturated heterocycles. The van der Waals surface area contributed by atoms with Gasteiger partial charge in [0.2, 0.25) is 5.88 Å². The first-order valence-corrected chi connectivity index (χ1v) is 8.76. The highest BCUT2D eigenvalue weighted by molar-refractivity contribution is 5.94. The molecule has 28 heavy (non-hydrogen) atoms. The summed E-state index contributed by atoms with van der Waals surface area (Å²) in [6, 6.07) is 8.37. The van der Waals surface area contributed by atoms with Gasteiger partial charge in [0, 0.05) is 43.8 Å². The predicted octanol–water partition coefficient (Wildman–Crippen LogP) is 2.81. The number of nitrogens with two attached hydrogens (primary N) is 1. The van der Waals surface area contributed by atoms with Crippen LogP contribution >= 0.6 is 0 Å². The van der Waals surface area contributed by atoms with Crippen molar-refractivity contribution in [3.05, 3.63) is 53.2 Å². The van der Waals surface area contributed by atoms with Gasteiger partial charge in [-0.25, -0.2) is 4.98 Å². The van der Waals surface area contributed by atoms with Crippen molar-refractivity contribution in [2.75, 3.05) is 19.7 Å². The maximum absolute atomic E-state index is 13.0. The quantitative estimate of drug-likeness (QED) is 0.813. The summed E-state index contributed by atoms with van der Waals surface area (Å²) in [5.74, 6) is -0.214. The Labute approximate surface area is 159 Å². The van der Waals surface area contributed by atoms with E-state index in [-0.39, 0.29) is 42.2 Å². The topological polar surface area (TPSA) is 88.7 Å². The summed E-state index contributed by atoms with van der Waals surface area (Å²) in [6.45, 7) is 0.943. The molecular formula is C19H20F3N3O3. The highest BCUT2D eigenvalue weighted by Crippen LogP contribution is 2.31. The summed E-state index contributed by atoms with van der Waals surface area (Å²) in [6.07, 6.45) is -3.89. The second-order valence-electron chi connectivity index (χ2n) is 6.62. The molecule has 1 atom stereocenters. The molecule has 9 heteroatoms. The summed E-state index contributed by atoms with van der Waals surface area (Å²) >= 11 is 0. The van der Waals surface area contributed by atoms with Crippen LogP contribution in [0.25, 0.3) is 0 Å². The van der Waals surface area contributed by atoms with Gasteiger partial charge in [0.05, 0.1) is 0 Å². The number of carbonyl (C=O) groups is 1. The van der Waals surface area contributed by atoms with Crippen LogP contribution in [0, 0.1) is 5.92 Å². The van der Waals surface area contributed by atoms with Gasteiger partial charge in [0.1, 0.15) is 11.4 Å². The number of rotatable bonds is 5. The molecule has 2 aromatic rings. The van der Waals surface area contributed by atoms with Crippen LogP contribution in [0.1, 0.15) is 28.0 Å². The zero-order valence-corrected chi connectivity index (χ0v) is 14.9. The maximum Gasteiger partial charge on any atom is 0.433 e. The number of amides is 1. The number of pyridine rings is 1. The Hall–Kier alpha value is -2.65. The molecule has 0 bridgehead atoms. The number of hydrogen-bond acceptors (Lipinski definition) is 5. The van der Waals surface area contributed by atoms with E-state index >= 15 is 0 Å². The van der Waals surface area contributed by atoms with Crippen molar-refractivity contribution in [1.29, 1.82) is 0 Å². The van der Waals surface area contributed by atoms with Gasteiger partial charge < -0.3 is 20.5 Å². The summed E-state index contributed by atoms with van der Waals surface area (Å²) in [5, 5.41) is 9.21. The van der Waals surface area contributed by atoms with Crippen LogP contribution in [0.15, 0.2) is 36.4 Å². The highest BCUT2D eigenvalue weighted by Gasteiger charge is 2.33. The lowest BCUT2D eigenvalue weighted by Crippen LogP contribution is -2.29. The third-order valence-corrected chi connectivity index (χ3v) is 4.52. The van der Waals surface area contributed by atoms with E-state index in [9.17, 15) is 23.1 Å². The Kier molecular flexibility index (Phi) is 5.85. The standard InChI is InChI=1S/C19H20F3N3O3/c20-19(21,22)16-6-13(9-23)7-17(24-16)28-15-3-1-2-14(8-15)18(27)25-5-4-12(10-25)11-26/h1-3,6-8,12,26H,4-5,9-11,23H2/t12-/m1/s1. The second-order valence-corrected chi connectivity index (χ2v) is 6.62. The number of alkyl halides is 3. The molecule has 1 fully saturated rings. The van der Waals surface area contributed by atoms with Gasteiger partial charge in [-0.15, -0.1) is 0 Å². The van der Waals surface area contributed by atoms with E-state index in [2.05, 4.69) is 4.98 Å². The molecule has 0 saturated carbocycles. The summed E-state index contributed by atoms with van der Waals surface area (Å²) < 4.78 is 44.5. The number of halogens is 3. The van der Waals surface area contributed by atoms with E-state index in [1.165, 1.54) is 18.2 Å². The van der Waals surface area contributed by atoms with Gasteiger partial charge in [0.15, 0.2) is 0 Å². The fraction of sp³-hybridized carbons (Fsp3) is 0.368. The minimum atomic E-state index is -4.62. The van der Waals surface area contributed by atoms with E-state index in [1.54, 1.807) is 17.0 Å². The number of hydrogen-bond donors (Lipinski definition) is 2. The largest absolute Gasteiger partial charge is 0.439 e. The van der Waals surface area contributed by atoms with Gasteiger partial charge in [-0.1, -0.05) is 6.07 Å². The van der Waals surface area contributed by atoms with E-state index in [0.29, 0.717) is 18.7 Å². The van der Waals surface area contributed by atoms with Gasteiger partial charge in [-0.2, -0.15) is 13.2 Å². The molecule has 1 aliphatic rings. The molecule has 3 N–H and O–H groups in total. The van der Waals surface area contributed by atoms with Crippen LogP contribution in [0.4, 0.5) is 13.2 Å². The molecule has 1 amide bonds. The molecule has 3 rings (SSSR count). The smallest absolute Gasteiger partial charge is 0.433 e. The molecular weight excluding hydrogens is 375 g/mol. The van der Waals surface area contributed by atoms with Crippen LogP contribution in [-0.2, 0) is 12.7 Å². The fourth-order valence-corrected chi connectivity index (χ4v) is 3.04. The van der Waals surface area contributed by atoms with Gasteiger partial charge >= 0.3 is 6.18 Å². The summed E-state index contributed by atoms with van der Waals surface area (Å²) in [4.78, 5) is 17.7. The van der Waals surface area contributed by atoms with Crippen molar-refractivity contribution in [2.45, 2.75) is 19.1 Å². The first-order chi connectivity index (χ1) is 13.3. The second kappa shape index (κ2) is 8.15. The Morgan fingerprint density at radius 1 is 1.32 bits per heavy atom. The van der Waals surface area contributed by atoms with E-state index in [4.69, 9.17) is 10.5 Å². The highest BCUT2D eigenvalue weighted by atomic mass is 19.4. The summed E-state index contributed by atoms with van der Waals surface area (Å²) in [5.41, 5.74) is 4.95. The Balaban J connectivity index is 1.81. The number of nitrogens with zero attached hydrogens (tertiary/aromatic N) is 2. The predicted molar refractivity (Wildman–Crippen MR) is 94.7 cm³/mol. The third-order valence-electron chi connectivity index (χ3n) is 4.52. The minimum absolute atomic E-state index is 0.0254. The van der Waals surface area contributed by atoms with E-state index in [0.717, 1.165) is 12.5 Å². The Morgan fingerprint density at radius 3 is 2.75 bits per heavy atom. The average Bonchev–Trinajstić information content (AvgIpc) is 3.16. The Bertz CT molecular complexity index is 858. The van der Waals surface area contributed by atoms with Crippen LogP contribution in [0.5, 0.6) is 11.6 Å². The number of likely N-dealkylation sites (tertiary alicyclic amines) is 1. The molecule has 1 aromatic heterocycles.